The van der Waals surface area contributed by atoms with Crippen LogP contribution in [0.1, 0.15) is 34.2 Å². The lowest BCUT2D eigenvalue weighted by Gasteiger charge is -2.11. The number of hydrogen-bond acceptors (Lipinski definition) is 5. The maximum absolute atomic E-state index is 11.4. The number of imidazole rings is 1. The molecule has 0 amide bonds. The minimum absolute atomic E-state index is 0.190. The lowest BCUT2D eigenvalue weighted by Crippen LogP contribution is -2.06. The molecular weight excluding hydrogens is 482 g/mol. The Morgan fingerprint density at radius 1 is 1.03 bits per heavy atom. The third kappa shape index (κ3) is 4.78. The number of ether oxygens (including phenoxy) is 1. The number of hydrogen-bond donors (Lipinski definition) is 1. The molecule has 0 atom stereocenters. The number of benzene rings is 3. The zero-order chi connectivity index (χ0) is 24.4. The topological polar surface area (TPSA) is 77.2 Å². The van der Waals surface area contributed by atoms with E-state index in [1.165, 1.54) is 0 Å². The molecule has 5 aromatic rings. The molecule has 3 aromatic carbocycles. The van der Waals surface area contributed by atoms with Crippen LogP contribution in [0.4, 0.5) is 0 Å². The van der Waals surface area contributed by atoms with Crippen molar-refractivity contribution in [2.75, 3.05) is 0 Å². The number of carboxylic acids is 1. The van der Waals surface area contributed by atoms with Gasteiger partial charge in [0.2, 0.25) is 0 Å². The highest BCUT2D eigenvalue weighted by molar-refractivity contribution is 7.21. The van der Waals surface area contributed by atoms with Gasteiger partial charge in [-0.3, -0.25) is 0 Å². The molecule has 0 fully saturated rings. The van der Waals surface area contributed by atoms with E-state index in [1.807, 2.05) is 54.6 Å². The highest BCUT2D eigenvalue weighted by Gasteiger charge is 2.17. The standard InChI is InChI=1S/C27H22ClN3O3S/c1-2-23-29-24-26(35-25(30-24)21-9-5-6-10-22(21)28)31(23)15-17-11-13-19(14-12-17)34-16-18-7-3-4-8-20(18)27(32)33/h3-14H,2,15-16H2,1H3,(H,32,33). The number of thiazole rings is 1. The average Bonchev–Trinajstić information content (AvgIpc) is 3.42. The third-order valence-corrected chi connectivity index (χ3v) is 7.14. The summed E-state index contributed by atoms with van der Waals surface area (Å²) in [5, 5.41) is 10.9. The van der Waals surface area contributed by atoms with Crippen molar-refractivity contribution in [1.82, 2.24) is 14.5 Å². The Balaban J connectivity index is 1.35. The summed E-state index contributed by atoms with van der Waals surface area (Å²) in [6, 6.07) is 22.4. The van der Waals surface area contributed by atoms with Crippen LogP contribution in [0.5, 0.6) is 5.75 Å². The smallest absolute Gasteiger partial charge is 0.336 e. The molecule has 0 saturated carbocycles. The molecule has 0 aliphatic carbocycles. The lowest BCUT2D eigenvalue weighted by molar-refractivity contribution is 0.0694. The summed E-state index contributed by atoms with van der Waals surface area (Å²) in [7, 11) is 0. The van der Waals surface area contributed by atoms with E-state index >= 15 is 0 Å². The fraction of sp³-hybridized carbons (Fsp3) is 0.148. The van der Waals surface area contributed by atoms with Gasteiger partial charge < -0.3 is 14.4 Å². The summed E-state index contributed by atoms with van der Waals surface area (Å²) >= 11 is 7.98. The maximum atomic E-state index is 11.4. The van der Waals surface area contributed by atoms with Gasteiger partial charge in [-0.05, 0) is 29.8 Å². The van der Waals surface area contributed by atoms with Crippen molar-refractivity contribution in [3.63, 3.8) is 0 Å². The summed E-state index contributed by atoms with van der Waals surface area (Å²) < 4.78 is 8.05. The molecule has 0 bridgehead atoms. The van der Waals surface area contributed by atoms with Gasteiger partial charge in [-0.1, -0.05) is 78.4 Å². The van der Waals surface area contributed by atoms with Gasteiger partial charge in [0, 0.05) is 17.5 Å². The quantitative estimate of drug-likeness (QED) is 0.255. The number of carboxylic acid groups (broad SMARTS) is 1. The van der Waals surface area contributed by atoms with E-state index in [1.54, 1.807) is 29.5 Å². The Bertz CT molecular complexity index is 1510. The average molecular weight is 504 g/mol. The van der Waals surface area contributed by atoms with E-state index in [4.69, 9.17) is 26.3 Å². The van der Waals surface area contributed by atoms with Crippen molar-refractivity contribution >= 4 is 39.4 Å². The van der Waals surface area contributed by atoms with Gasteiger partial charge in [0.25, 0.3) is 0 Å². The largest absolute Gasteiger partial charge is 0.489 e. The van der Waals surface area contributed by atoms with Crippen molar-refractivity contribution in [3.05, 3.63) is 100 Å². The molecule has 5 rings (SSSR count). The van der Waals surface area contributed by atoms with Crippen molar-refractivity contribution in [2.45, 2.75) is 26.5 Å². The van der Waals surface area contributed by atoms with Gasteiger partial charge in [0.1, 0.15) is 28.0 Å². The molecule has 2 heterocycles. The number of rotatable bonds is 8. The molecule has 0 aliphatic rings. The third-order valence-electron chi connectivity index (χ3n) is 5.71. The summed E-state index contributed by atoms with van der Waals surface area (Å²) in [4.78, 5) is 21.9. The van der Waals surface area contributed by atoms with Crippen LogP contribution in [0, 0.1) is 0 Å². The van der Waals surface area contributed by atoms with Crippen LogP contribution in [0.3, 0.4) is 0 Å². The van der Waals surface area contributed by atoms with E-state index in [-0.39, 0.29) is 12.2 Å². The zero-order valence-electron chi connectivity index (χ0n) is 18.9. The highest BCUT2D eigenvalue weighted by atomic mass is 35.5. The second kappa shape index (κ2) is 9.90. The van der Waals surface area contributed by atoms with Crippen LogP contribution in [0.25, 0.3) is 21.0 Å². The van der Waals surface area contributed by atoms with Gasteiger partial charge in [0.15, 0.2) is 5.65 Å². The highest BCUT2D eigenvalue weighted by Crippen LogP contribution is 2.35. The predicted molar refractivity (Wildman–Crippen MR) is 139 cm³/mol. The van der Waals surface area contributed by atoms with Crippen LogP contribution in [-0.4, -0.2) is 25.6 Å². The van der Waals surface area contributed by atoms with E-state index in [0.717, 1.165) is 38.9 Å². The molecule has 6 nitrogen and oxygen atoms in total. The SMILES string of the molecule is CCc1nc2nc(-c3ccccc3Cl)sc2n1Cc1ccc(OCc2ccccc2C(=O)O)cc1. The maximum Gasteiger partial charge on any atom is 0.336 e. The van der Waals surface area contributed by atoms with E-state index < -0.39 is 5.97 Å². The van der Waals surface area contributed by atoms with Crippen LogP contribution in [0.2, 0.25) is 5.02 Å². The number of aromatic carboxylic acids is 1. The molecular formula is C27H22ClN3O3S. The minimum atomic E-state index is -0.960. The van der Waals surface area contributed by atoms with Crippen molar-refractivity contribution in [3.8, 4) is 16.3 Å². The van der Waals surface area contributed by atoms with Crippen LogP contribution >= 0.6 is 22.9 Å². The van der Waals surface area contributed by atoms with E-state index in [2.05, 4.69) is 11.5 Å². The molecule has 0 saturated heterocycles. The fourth-order valence-electron chi connectivity index (χ4n) is 3.92. The molecule has 0 aliphatic heterocycles. The Morgan fingerprint density at radius 2 is 1.77 bits per heavy atom. The second-order valence-electron chi connectivity index (χ2n) is 7.99. The Kier molecular flexibility index (Phi) is 6.53. The second-order valence-corrected chi connectivity index (χ2v) is 9.37. The van der Waals surface area contributed by atoms with E-state index in [0.29, 0.717) is 22.9 Å². The van der Waals surface area contributed by atoms with Crippen molar-refractivity contribution in [2.24, 2.45) is 0 Å². The molecule has 0 radical (unpaired) electrons. The number of carbonyl (C=O) groups is 1. The van der Waals surface area contributed by atoms with Gasteiger partial charge in [-0.15, -0.1) is 0 Å². The minimum Gasteiger partial charge on any atom is -0.489 e. The molecule has 176 valence electrons. The first kappa shape index (κ1) is 23.1. The predicted octanol–water partition coefficient (Wildman–Crippen LogP) is 6.70. The Hall–Kier alpha value is -3.68. The summed E-state index contributed by atoms with van der Waals surface area (Å²) in [5.74, 6) is 0.702. The van der Waals surface area contributed by atoms with Gasteiger partial charge in [-0.25, -0.2) is 14.8 Å². The molecule has 0 spiro atoms. The number of fused-ring (bicyclic) bond motifs is 1. The Morgan fingerprint density at radius 3 is 2.51 bits per heavy atom. The van der Waals surface area contributed by atoms with E-state index in [9.17, 15) is 9.90 Å². The number of halogens is 1. The number of aryl methyl sites for hydroxylation is 1. The van der Waals surface area contributed by atoms with Crippen LogP contribution < -0.4 is 4.74 Å². The molecule has 8 heteroatoms. The number of nitrogens with zero attached hydrogens (tertiary/aromatic N) is 3. The lowest BCUT2D eigenvalue weighted by atomic mass is 10.1. The fourth-order valence-corrected chi connectivity index (χ4v) is 5.27. The van der Waals surface area contributed by atoms with Gasteiger partial charge in [0.05, 0.1) is 17.1 Å². The van der Waals surface area contributed by atoms with Gasteiger partial charge >= 0.3 is 5.97 Å². The molecule has 0 unspecified atom stereocenters. The monoisotopic (exact) mass is 503 g/mol. The first-order chi connectivity index (χ1) is 17.0. The molecule has 1 N–H and O–H groups in total. The molecule has 2 aromatic heterocycles. The first-order valence-corrected chi connectivity index (χ1v) is 12.4. The normalized spacial score (nSPS) is 11.1. The van der Waals surface area contributed by atoms with Crippen LogP contribution in [-0.2, 0) is 19.6 Å². The summed E-state index contributed by atoms with van der Waals surface area (Å²) in [6.45, 7) is 2.94. The Labute approximate surface area is 211 Å². The van der Waals surface area contributed by atoms with Crippen molar-refractivity contribution < 1.29 is 14.6 Å². The van der Waals surface area contributed by atoms with Crippen LogP contribution in [0.15, 0.2) is 72.8 Å². The summed E-state index contributed by atoms with van der Waals surface area (Å²) in [5.41, 5.74) is 3.63. The molecule has 35 heavy (non-hydrogen) atoms. The number of aromatic nitrogens is 3. The van der Waals surface area contributed by atoms with Gasteiger partial charge in [-0.2, -0.15) is 0 Å². The first-order valence-electron chi connectivity index (χ1n) is 11.2. The zero-order valence-corrected chi connectivity index (χ0v) is 20.5. The summed E-state index contributed by atoms with van der Waals surface area (Å²) in [6.07, 6.45) is 0.800. The van der Waals surface area contributed by atoms with Crippen molar-refractivity contribution in [1.29, 1.82) is 0 Å².